The Kier molecular flexibility index (Phi) is 3.72. The van der Waals surface area contributed by atoms with E-state index in [-0.39, 0.29) is 4.90 Å². The molecule has 2 rings (SSSR count). The maximum absolute atomic E-state index is 11.9. The molecule has 0 bridgehead atoms. The Hall–Kier alpha value is -1.74. The second-order valence-corrected chi connectivity index (χ2v) is 5.53. The first kappa shape index (κ1) is 12.7. The Labute approximate surface area is 104 Å². The fourth-order valence-corrected chi connectivity index (χ4v) is 2.71. The van der Waals surface area contributed by atoms with Gasteiger partial charge in [0.25, 0.3) is 0 Å². The van der Waals surface area contributed by atoms with E-state index in [4.69, 9.17) is 0 Å². The topological polar surface area (TPSA) is 116 Å². The molecule has 0 unspecified atom stereocenters. The number of aryl methyl sites for hydroxylation is 2. The molecule has 0 aliphatic carbocycles. The van der Waals surface area contributed by atoms with E-state index in [1.54, 1.807) is 6.92 Å². The van der Waals surface area contributed by atoms with Gasteiger partial charge in [0.05, 0.1) is 11.9 Å². The fraction of sp³-hybridized carbons (Fsp3) is 0.444. The summed E-state index contributed by atoms with van der Waals surface area (Å²) in [7, 11) is -3.48. The minimum atomic E-state index is -3.48. The van der Waals surface area contributed by atoms with Gasteiger partial charge in [0.2, 0.25) is 10.0 Å². The molecule has 0 atom stereocenters. The smallest absolute Gasteiger partial charge is 0.243 e. The lowest BCUT2D eigenvalue weighted by atomic mass is 10.3. The van der Waals surface area contributed by atoms with Crippen LogP contribution < -0.4 is 4.72 Å². The van der Waals surface area contributed by atoms with Crippen molar-refractivity contribution in [2.75, 3.05) is 6.54 Å². The van der Waals surface area contributed by atoms with Gasteiger partial charge in [0, 0.05) is 13.0 Å². The number of H-pyrrole nitrogens is 2. The van der Waals surface area contributed by atoms with Crippen LogP contribution in [0.4, 0.5) is 0 Å². The van der Waals surface area contributed by atoms with Crippen molar-refractivity contribution in [3.05, 3.63) is 24.0 Å². The van der Waals surface area contributed by atoms with Crippen molar-refractivity contribution in [3.63, 3.8) is 0 Å². The molecule has 2 aromatic rings. The average Bonchev–Trinajstić information content (AvgIpc) is 2.95. The molecule has 98 valence electrons. The second kappa shape index (κ2) is 5.27. The van der Waals surface area contributed by atoms with Gasteiger partial charge < -0.3 is 0 Å². The first-order valence-electron chi connectivity index (χ1n) is 5.43. The van der Waals surface area contributed by atoms with Crippen molar-refractivity contribution in [1.82, 2.24) is 30.1 Å². The average molecular weight is 270 g/mol. The standard InChI is InChI=1S/C9H14N6O2S/c1-7-8(5-11-14-7)18(16,17)13-4-2-3-9-10-6-12-15-9/h5-6,13H,2-4H2,1H3,(H,11,14)(H,10,12,15). The number of rotatable bonds is 6. The highest BCUT2D eigenvalue weighted by Crippen LogP contribution is 2.10. The first-order valence-corrected chi connectivity index (χ1v) is 6.92. The van der Waals surface area contributed by atoms with Gasteiger partial charge in [-0.05, 0) is 13.3 Å². The Morgan fingerprint density at radius 3 is 2.78 bits per heavy atom. The van der Waals surface area contributed by atoms with E-state index in [1.807, 2.05) is 0 Å². The summed E-state index contributed by atoms with van der Waals surface area (Å²) in [5.41, 5.74) is 0.526. The molecule has 18 heavy (non-hydrogen) atoms. The molecule has 3 N–H and O–H groups in total. The number of hydrogen-bond acceptors (Lipinski definition) is 5. The van der Waals surface area contributed by atoms with Gasteiger partial charge in [0.1, 0.15) is 17.0 Å². The highest BCUT2D eigenvalue weighted by molar-refractivity contribution is 7.89. The molecule has 2 aromatic heterocycles. The van der Waals surface area contributed by atoms with Crippen molar-refractivity contribution in [1.29, 1.82) is 0 Å². The lowest BCUT2D eigenvalue weighted by Gasteiger charge is -2.04. The van der Waals surface area contributed by atoms with Crippen LogP contribution in [-0.4, -0.2) is 40.3 Å². The third-order valence-electron chi connectivity index (χ3n) is 2.42. The Morgan fingerprint density at radius 1 is 1.33 bits per heavy atom. The van der Waals surface area contributed by atoms with Gasteiger partial charge in [-0.1, -0.05) is 0 Å². The minimum absolute atomic E-state index is 0.183. The van der Waals surface area contributed by atoms with E-state index >= 15 is 0 Å². The van der Waals surface area contributed by atoms with Gasteiger partial charge >= 0.3 is 0 Å². The number of hydrogen-bond donors (Lipinski definition) is 3. The fourth-order valence-electron chi connectivity index (χ4n) is 1.50. The van der Waals surface area contributed by atoms with E-state index < -0.39 is 10.0 Å². The van der Waals surface area contributed by atoms with E-state index in [9.17, 15) is 8.42 Å². The summed E-state index contributed by atoms with van der Waals surface area (Å²) >= 11 is 0. The molecular formula is C9H14N6O2S. The maximum Gasteiger partial charge on any atom is 0.243 e. The summed E-state index contributed by atoms with van der Waals surface area (Å²) < 4.78 is 26.3. The zero-order chi connectivity index (χ0) is 13.0. The van der Waals surface area contributed by atoms with Crippen LogP contribution in [-0.2, 0) is 16.4 Å². The molecule has 0 saturated carbocycles. The van der Waals surface area contributed by atoms with Crippen LogP contribution in [0.5, 0.6) is 0 Å². The van der Waals surface area contributed by atoms with E-state index in [1.165, 1.54) is 12.5 Å². The molecule has 0 fully saturated rings. The van der Waals surface area contributed by atoms with Crippen molar-refractivity contribution in [3.8, 4) is 0 Å². The van der Waals surface area contributed by atoms with Crippen molar-refractivity contribution < 1.29 is 8.42 Å². The molecule has 0 saturated heterocycles. The van der Waals surface area contributed by atoms with Crippen LogP contribution in [0.2, 0.25) is 0 Å². The third kappa shape index (κ3) is 2.93. The van der Waals surface area contributed by atoms with Gasteiger partial charge in [0.15, 0.2) is 0 Å². The summed E-state index contributed by atoms with van der Waals surface area (Å²) in [6, 6.07) is 0. The lowest BCUT2D eigenvalue weighted by molar-refractivity contribution is 0.577. The van der Waals surface area contributed by atoms with Crippen LogP contribution in [0, 0.1) is 6.92 Å². The summed E-state index contributed by atoms with van der Waals surface area (Å²) in [4.78, 5) is 4.14. The van der Waals surface area contributed by atoms with Crippen LogP contribution >= 0.6 is 0 Å². The SMILES string of the molecule is Cc1[nH]ncc1S(=O)(=O)NCCCc1ncn[nH]1. The summed E-state index contributed by atoms with van der Waals surface area (Å²) in [5.74, 6) is 0.744. The van der Waals surface area contributed by atoms with Gasteiger partial charge in [-0.15, -0.1) is 0 Å². The highest BCUT2D eigenvalue weighted by atomic mass is 32.2. The predicted molar refractivity (Wildman–Crippen MR) is 63.2 cm³/mol. The summed E-state index contributed by atoms with van der Waals surface area (Å²) in [6.45, 7) is 2.00. The highest BCUT2D eigenvalue weighted by Gasteiger charge is 2.17. The lowest BCUT2D eigenvalue weighted by Crippen LogP contribution is -2.25. The molecule has 0 amide bonds. The molecule has 8 nitrogen and oxygen atoms in total. The summed E-state index contributed by atoms with van der Waals surface area (Å²) in [6.07, 6.45) is 4.01. The molecule has 0 spiro atoms. The van der Waals surface area contributed by atoms with E-state index in [0.29, 0.717) is 25.1 Å². The maximum atomic E-state index is 11.9. The van der Waals surface area contributed by atoms with Gasteiger partial charge in [-0.3, -0.25) is 10.2 Å². The zero-order valence-electron chi connectivity index (χ0n) is 9.84. The number of sulfonamides is 1. The zero-order valence-corrected chi connectivity index (χ0v) is 10.7. The quantitative estimate of drug-likeness (QED) is 0.626. The molecular weight excluding hydrogens is 256 g/mol. The molecule has 2 heterocycles. The number of aromatic amines is 2. The van der Waals surface area contributed by atoms with Crippen LogP contribution in [0.3, 0.4) is 0 Å². The normalized spacial score (nSPS) is 11.8. The Balaban J connectivity index is 1.85. The van der Waals surface area contributed by atoms with Crippen LogP contribution in [0.25, 0.3) is 0 Å². The van der Waals surface area contributed by atoms with Crippen LogP contribution in [0.1, 0.15) is 17.9 Å². The molecule has 0 aliphatic heterocycles. The molecule has 9 heteroatoms. The summed E-state index contributed by atoms with van der Waals surface area (Å²) in [5, 5.41) is 12.7. The third-order valence-corrected chi connectivity index (χ3v) is 4.00. The van der Waals surface area contributed by atoms with Crippen molar-refractivity contribution >= 4 is 10.0 Å². The predicted octanol–water partition coefficient (Wildman–Crippen LogP) is -0.253. The Morgan fingerprint density at radius 2 is 2.17 bits per heavy atom. The van der Waals surface area contributed by atoms with E-state index in [0.717, 1.165) is 5.82 Å². The number of nitrogens with zero attached hydrogens (tertiary/aromatic N) is 3. The second-order valence-electron chi connectivity index (χ2n) is 3.79. The number of aromatic nitrogens is 5. The number of nitrogens with one attached hydrogen (secondary N) is 3. The van der Waals surface area contributed by atoms with Gasteiger partial charge in [-0.2, -0.15) is 10.2 Å². The molecule has 0 aliphatic rings. The van der Waals surface area contributed by atoms with Crippen LogP contribution in [0.15, 0.2) is 17.4 Å². The van der Waals surface area contributed by atoms with Crippen molar-refractivity contribution in [2.45, 2.75) is 24.7 Å². The molecule has 0 aromatic carbocycles. The minimum Gasteiger partial charge on any atom is -0.281 e. The molecule has 0 radical (unpaired) electrons. The largest absolute Gasteiger partial charge is 0.281 e. The monoisotopic (exact) mass is 270 g/mol. The Bertz CT molecular complexity index is 588. The van der Waals surface area contributed by atoms with E-state index in [2.05, 4.69) is 30.1 Å². The first-order chi connectivity index (χ1) is 8.59. The van der Waals surface area contributed by atoms with Crippen molar-refractivity contribution in [2.24, 2.45) is 0 Å². The van der Waals surface area contributed by atoms with Gasteiger partial charge in [-0.25, -0.2) is 18.1 Å².